The van der Waals surface area contributed by atoms with E-state index in [1.165, 1.54) is 17.3 Å². The Labute approximate surface area is 160 Å². The molecule has 5 heteroatoms. The van der Waals surface area contributed by atoms with Crippen LogP contribution in [0, 0.1) is 0 Å². The third-order valence-electron chi connectivity index (χ3n) is 4.20. The number of amides is 2. The SMILES string of the molecule is CC(C)c1ccc(NC(=O)C(=O)N/N=C\c2ccc(C(C)(C)C)cc2)cc1. The summed E-state index contributed by atoms with van der Waals surface area (Å²) in [7, 11) is 0. The van der Waals surface area contributed by atoms with Crippen LogP contribution in [-0.2, 0) is 15.0 Å². The summed E-state index contributed by atoms with van der Waals surface area (Å²) in [5, 5.41) is 6.40. The molecule has 2 aromatic rings. The molecule has 0 bridgehead atoms. The first-order valence-corrected chi connectivity index (χ1v) is 9.01. The number of hydrazone groups is 1. The van der Waals surface area contributed by atoms with E-state index in [9.17, 15) is 9.59 Å². The first-order chi connectivity index (χ1) is 12.7. The van der Waals surface area contributed by atoms with Crippen LogP contribution in [0.2, 0.25) is 0 Å². The standard InChI is InChI=1S/C22H27N3O2/c1-15(2)17-8-12-19(13-9-17)24-20(26)21(27)25-23-14-16-6-10-18(11-7-16)22(3,4)5/h6-15H,1-5H3,(H,24,26)(H,25,27)/b23-14-. The van der Waals surface area contributed by atoms with Gasteiger partial charge in [0, 0.05) is 5.69 Å². The predicted molar refractivity (Wildman–Crippen MR) is 110 cm³/mol. The van der Waals surface area contributed by atoms with Crippen LogP contribution in [-0.4, -0.2) is 18.0 Å². The molecule has 2 N–H and O–H groups in total. The van der Waals surface area contributed by atoms with Crippen LogP contribution >= 0.6 is 0 Å². The largest absolute Gasteiger partial charge is 0.329 e. The van der Waals surface area contributed by atoms with Crippen molar-refractivity contribution >= 4 is 23.7 Å². The number of benzene rings is 2. The molecule has 2 amide bonds. The molecule has 0 atom stereocenters. The fourth-order valence-electron chi connectivity index (χ4n) is 2.42. The van der Waals surface area contributed by atoms with Crippen LogP contribution in [0.3, 0.4) is 0 Å². The average molecular weight is 365 g/mol. The van der Waals surface area contributed by atoms with Crippen LogP contribution in [0.25, 0.3) is 0 Å². The molecule has 0 fully saturated rings. The van der Waals surface area contributed by atoms with Gasteiger partial charge in [0.15, 0.2) is 0 Å². The maximum Gasteiger partial charge on any atom is 0.329 e. The van der Waals surface area contributed by atoms with Crippen molar-refractivity contribution in [2.75, 3.05) is 5.32 Å². The highest BCUT2D eigenvalue weighted by molar-refractivity contribution is 6.39. The zero-order valence-corrected chi connectivity index (χ0v) is 16.5. The van der Waals surface area contributed by atoms with E-state index in [1.807, 2.05) is 36.4 Å². The Morgan fingerprint density at radius 2 is 1.52 bits per heavy atom. The van der Waals surface area contributed by atoms with E-state index in [2.05, 4.69) is 50.5 Å². The molecule has 0 unspecified atom stereocenters. The van der Waals surface area contributed by atoms with Gasteiger partial charge in [-0.25, -0.2) is 5.43 Å². The van der Waals surface area contributed by atoms with Crippen molar-refractivity contribution in [3.8, 4) is 0 Å². The minimum absolute atomic E-state index is 0.0787. The van der Waals surface area contributed by atoms with Crippen molar-refractivity contribution in [2.24, 2.45) is 5.10 Å². The number of nitrogens with one attached hydrogen (secondary N) is 2. The number of rotatable bonds is 4. The van der Waals surface area contributed by atoms with Crippen molar-refractivity contribution in [1.82, 2.24) is 5.43 Å². The molecule has 0 heterocycles. The Bertz CT molecular complexity index is 814. The molecule has 2 aromatic carbocycles. The second-order valence-corrected chi connectivity index (χ2v) is 7.80. The van der Waals surface area contributed by atoms with Crippen molar-refractivity contribution in [3.05, 3.63) is 65.2 Å². The van der Waals surface area contributed by atoms with E-state index in [-0.39, 0.29) is 5.41 Å². The van der Waals surface area contributed by atoms with Crippen molar-refractivity contribution in [2.45, 2.75) is 46.0 Å². The molecule has 0 saturated carbocycles. The lowest BCUT2D eigenvalue weighted by Crippen LogP contribution is -2.32. The van der Waals surface area contributed by atoms with Gasteiger partial charge in [-0.05, 0) is 40.2 Å². The van der Waals surface area contributed by atoms with Gasteiger partial charge in [-0.1, -0.05) is 71.0 Å². The third kappa shape index (κ3) is 6.06. The Morgan fingerprint density at radius 3 is 2.04 bits per heavy atom. The van der Waals surface area contributed by atoms with Gasteiger partial charge in [-0.15, -0.1) is 0 Å². The Balaban J connectivity index is 1.89. The highest BCUT2D eigenvalue weighted by Crippen LogP contribution is 2.21. The molecule has 27 heavy (non-hydrogen) atoms. The van der Waals surface area contributed by atoms with Crippen LogP contribution < -0.4 is 10.7 Å². The van der Waals surface area contributed by atoms with Gasteiger partial charge >= 0.3 is 11.8 Å². The minimum atomic E-state index is -0.814. The van der Waals surface area contributed by atoms with Crippen molar-refractivity contribution in [1.29, 1.82) is 0 Å². The Kier molecular flexibility index (Phi) is 6.50. The molecular weight excluding hydrogens is 338 g/mol. The summed E-state index contributed by atoms with van der Waals surface area (Å²) >= 11 is 0. The van der Waals surface area contributed by atoms with Crippen LogP contribution in [0.1, 0.15) is 57.2 Å². The molecule has 0 aliphatic rings. The second kappa shape index (κ2) is 8.62. The van der Waals surface area contributed by atoms with Gasteiger partial charge in [0.1, 0.15) is 0 Å². The molecule has 0 radical (unpaired) electrons. The first-order valence-electron chi connectivity index (χ1n) is 9.01. The molecule has 0 spiro atoms. The van der Waals surface area contributed by atoms with Crippen LogP contribution in [0.15, 0.2) is 53.6 Å². The summed E-state index contributed by atoms with van der Waals surface area (Å²) in [4.78, 5) is 23.8. The summed E-state index contributed by atoms with van der Waals surface area (Å²) in [5.74, 6) is -1.16. The zero-order valence-electron chi connectivity index (χ0n) is 16.5. The Morgan fingerprint density at radius 1 is 0.926 bits per heavy atom. The number of carbonyl (C=O) groups is 2. The molecule has 0 saturated heterocycles. The van der Waals surface area contributed by atoms with Crippen molar-refractivity contribution in [3.63, 3.8) is 0 Å². The number of carbonyl (C=O) groups excluding carboxylic acids is 2. The van der Waals surface area contributed by atoms with E-state index in [0.717, 1.165) is 5.56 Å². The summed E-state index contributed by atoms with van der Waals surface area (Å²) in [6, 6.07) is 15.3. The molecule has 0 aliphatic heterocycles. The maximum atomic E-state index is 11.9. The molecule has 2 rings (SSSR count). The van der Waals surface area contributed by atoms with Crippen LogP contribution in [0.5, 0.6) is 0 Å². The predicted octanol–water partition coefficient (Wildman–Crippen LogP) is 4.20. The lowest BCUT2D eigenvalue weighted by Gasteiger charge is -2.18. The quantitative estimate of drug-likeness (QED) is 0.484. The molecular formula is C22H27N3O2. The van der Waals surface area contributed by atoms with E-state index < -0.39 is 11.8 Å². The lowest BCUT2D eigenvalue weighted by molar-refractivity contribution is -0.136. The summed E-state index contributed by atoms with van der Waals surface area (Å²) < 4.78 is 0. The monoisotopic (exact) mass is 365 g/mol. The van der Waals surface area contributed by atoms with E-state index in [4.69, 9.17) is 0 Å². The highest BCUT2D eigenvalue weighted by Gasteiger charge is 2.14. The molecule has 5 nitrogen and oxygen atoms in total. The van der Waals surface area contributed by atoms with Gasteiger partial charge in [0.25, 0.3) is 0 Å². The summed E-state index contributed by atoms with van der Waals surface area (Å²) in [5.41, 5.74) is 6.11. The topological polar surface area (TPSA) is 70.6 Å². The van der Waals surface area contributed by atoms with Gasteiger partial charge in [-0.2, -0.15) is 5.10 Å². The fourth-order valence-corrected chi connectivity index (χ4v) is 2.42. The van der Waals surface area contributed by atoms with E-state index in [0.29, 0.717) is 11.6 Å². The lowest BCUT2D eigenvalue weighted by atomic mass is 9.87. The fraction of sp³-hybridized carbons (Fsp3) is 0.318. The van der Waals surface area contributed by atoms with Crippen molar-refractivity contribution < 1.29 is 9.59 Å². The highest BCUT2D eigenvalue weighted by atomic mass is 16.2. The number of anilines is 1. The van der Waals surface area contributed by atoms with Crippen LogP contribution in [0.4, 0.5) is 5.69 Å². The second-order valence-electron chi connectivity index (χ2n) is 7.80. The molecule has 0 aromatic heterocycles. The molecule has 0 aliphatic carbocycles. The summed E-state index contributed by atoms with van der Waals surface area (Å²) in [6.07, 6.45) is 1.51. The summed E-state index contributed by atoms with van der Waals surface area (Å²) in [6.45, 7) is 10.6. The normalized spacial score (nSPS) is 11.6. The number of nitrogens with zero attached hydrogens (tertiary/aromatic N) is 1. The minimum Gasteiger partial charge on any atom is -0.318 e. The van der Waals surface area contributed by atoms with Gasteiger partial charge in [0.05, 0.1) is 6.21 Å². The zero-order chi connectivity index (χ0) is 20.0. The smallest absolute Gasteiger partial charge is 0.318 e. The average Bonchev–Trinajstić information content (AvgIpc) is 2.61. The Hall–Kier alpha value is -2.95. The molecule has 142 valence electrons. The number of hydrogen-bond donors (Lipinski definition) is 2. The first kappa shape index (κ1) is 20.4. The van der Waals surface area contributed by atoms with E-state index >= 15 is 0 Å². The third-order valence-corrected chi connectivity index (χ3v) is 4.20. The van der Waals surface area contributed by atoms with E-state index in [1.54, 1.807) is 12.1 Å². The maximum absolute atomic E-state index is 11.9. The van der Waals surface area contributed by atoms with Gasteiger partial charge in [0.2, 0.25) is 0 Å². The van der Waals surface area contributed by atoms with Gasteiger partial charge in [-0.3, -0.25) is 9.59 Å². The number of hydrogen-bond acceptors (Lipinski definition) is 3. The van der Waals surface area contributed by atoms with Gasteiger partial charge < -0.3 is 5.32 Å².